The highest BCUT2D eigenvalue weighted by atomic mass is 79.9. The quantitative estimate of drug-likeness (QED) is 0.659. The fourth-order valence-corrected chi connectivity index (χ4v) is 2.42. The van der Waals surface area contributed by atoms with Gasteiger partial charge >= 0.3 is 0 Å². The molecule has 1 amide bonds. The van der Waals surface area contributed by atoms with Crippen LogP contribution in [0.2, 0.25) is 0 Å². The summed E-state index contributed by atoms with van der Waals surface area (Å²) in [5.74, 6) is -0.175. The van der Waals surface area contributed by atoms with E-state index in [2.05, 4.69) is 26.6 Å². The van der Waals surface area contributed by atoms with Crippen LogP contribution in [-0.4, -0.2) is 22.9 Å². The van der Waals surface area contributed by atoms with Crippen molar-refractivity contribution in [2.75, 3.05) is 11.9 Å². The summed E-state index contributed by atoms with van der Waals surface area (Å²) in [5.41, 5.74) is -0.249. The van der Waals surface area contributed by atoms with Crippen LogP contribution in [0.15, 0.2) is 22.7 Å². The number of anilines is 1. The van der Waals surface area contributed by atoms with E-state index in [1.54, 1.807) is 6.07 Å². The number of nitrogens with zero attached hydrogens (tertiary/aromatic N) is 1. The molecule has 1 heterocycles. The van der Waals surface area contributed by atoms with Crippen LogP contribution >= 0.6 is 15.9 Å². The number of hydrogen-bond donors (Lipinski definition) is 2. The molecule has 6 nitrogen and oxygen atoms in total. The lowest BCUT2D eigenvalue weighted by molar-refractivity contribution is -0.384. The fourth-order valence-electron chi connectivity index (χ4n) is 2.07. The standard InChI is InChI=1S/C12H14BrN3O3/c1-12(5-2-6-14-12)11(17)15-10-7-8(16(18)19)3-4-9(10)13/h3-4,7,14H,2,5-6H2,1H3,(H,15,17). The van der Waals surface area contributed by atoms with Crippen LogP contribution in [0.25, 0.3) is 0 Å². The number of nitrogens with one attached hydrogen (secondary N) is 2. The van der Waals surface area contributed by atoms with Crippen LogP contribution in [-0.2, 0) is 4.79 Å². The van der Waals surface area contributed by atoms with Gasteiger partial charge in [-0.25, -0.2) is 0 Å². The van der Waals surface area contributed by atoms with Gasteiger partial charge in [-0.1, -0.05) is 0 Å². The summed E-state index contributed by atoms with van der Waals surface area (Å²) in [6.07, 6.45) is 1.70. The zero-order valence-corrected chi connectivity index (χ0v) is 12.0. The number of nitro groups is 1. The molecule has 2 rings (SSSR count). The molecule has 19 heavy (non-hydrogen) atoms. The maximum atomic E-state index is 12.2. The normalized spacial score (nSPS) is 22.2. The van der Waals surface area contributed by atoms with Crippen molar-refractivity contribution in [3.05, 3.63) is 32.8 Å². The van der Waals surface area contributed by atoms with Crippen molar-refractivity contribution in [1.29, 1.82) is 0 Å². The minimum Gasteiger partial charge on any atom is -0.323 e. The second kappa shape index (κ2) is 5.26. The Morgan fingerprint density at radius 2 is 2.32 bits per heavy atom. The van der Waals surface area contributed by atoms with Gasteiger partial charge in [0.05, 0.1) is 16.1 Å². The number of nitro benzene ring substituents is 1. The zero-order valence-electron chi connectivity index (χ0n) is 10.4. The minimum atomic E-state index is -0.607. The van der Waals surface area contributed by atoms with Gasteiger partial charge in [-0.05, 0) is 48.3 Å². The van der Waals surface area contributed by atoms with Crippen molar-refractivity contribution < 1.29 is 9.72 Å². The number of benzene rings is 1. The molecule has 0 radical (unpaired) electrons. The van der Waals surface area contributed by atoms with Crippen LogP contribution < -0.4 is 10.6 Å². The van der Waals surface area contributed by atoms with E-state index in [4.69, 9.17) is 0 Å². The Morgan fingerprint density at radius 3 is 2.89 bits per heavy atom. The van der Waals surface area contributed by atoms with Gasteiger partial charge in [-0.3, -0.25) is 14.9 Å². The molecule has 0 saturated carbocycles. The third kappa shape index (κ3) is 2.93. The van der Waals surface area contributed by atoms with E-state index in [1.165, 1.54) is 12.1 Å². The Hall–Kier alpha value is -1.47. The Labute approximate surface area is 118 Å². The minimum absolute atomic E-state index is 0.0527. The molecule has 0 aliphatic carbocycles. The highest BCUT2D eigenvalue weighted by Gasteiger charge is 2.36. The van der Waals surface area contributed by atoms with Gasteiger partial charge in [0.1, 0.15) is 0 Å². The predicted molar refractivity (Wildman–Crippen MR) is 75.1 cm³/mol. The van der Waals surface area contributed by atoms with Crippen molar-refractivity contribution in [3.8, 4) is 0 Å². The Bertz CT molecular complexity index is 527. The maximum absolute atomic E-state index is 12.2. The second-order valence-electron chi connectivity index (χ2n) is 4.74. The molecule has 7 heteroatoms. The first-order chi connectivity index (χ1) is 8.92. The van der Waals surface area contributed by atoms with Gasteiger partial charge in [0.2, 0.25) is 5.91 Å². The molecule has 1 aliphatic heterocycles. The van der Waals surface area contributed by atoms with Crippen LogP contribution in [0.3, 0.4) is 0 Å². The molecule has 1 saturated heterocycles. The SMILES string of the molecule is CC1(C(=O)Nc2cc([N+](=O)[O-])ccc2Br)CCCN1. The van der Waals surface area contributed by atoms with Crippen molar-refractivity contribution in [2.24, 2.45) is 0 Å². The summed E-state index contributed by atoms with van der Waals surface area (Å²) in [6, 6.07) is 4.29. The molecule has 1 unspecified atom stereocenters. The number of rotatable bonds is 3. The summed E-state index contributed by atoms with van der Waals surface area (Å²) in [5, 5.41) is 16.6. The van der Waals surface area contributed by atoms with E-state index in [1.807, 2.05) is 6.92 Å². The summed E-state index contributed by atoms with van der Waals surface area (Å²) in [4.78, 5) is 22.5. The summed E-state index contributed by atoms with van der Waals surface area (Å²) >= 11 is 3.28. The van der Waals surface area contributed by atoms with Crippen molar-refractivity contribution in [3.63, 3.8) is 0 Å². The molecule has 0 bridgehead atoms. The third-order valence-electron chi connectivity index (χ3n) is 3.28. The van der Waals surface area contributed by atoms with Gasteiger partial charge < -0.3 is 10.6 Å². The Kier molecular flexibility index (Phi) is 3.86. The zero-order chi connectivity index (χ0) is 14.0. The second-order valence-corrected chi connectivity index (χ2v) is 5.59. The Balaban J connectivity index is 2.20. The number of carbonyl (C=O) groups excluding carboxylic acids is 1. The Morgan fingerprint density at radius 1 is 1.58 bits per heavy atom. The number of hydrogen-bond acceptors (Lipinski definition) is 4. The molecule has 1 atom stereocenters. The lowest BCUT2D eigenvalue weighted by atomic mass is 9.99. The molecule has 0 aromatic heterocycles. The van der Waals surface area contributed by atoms with Crippen molar-refractivity contribution in [2.45, 2.75) is 25.3 Å². The largest absolute Gasteiger partial charge is 0.323 e. The van der Waals surface area contributed by atoms with Crippen molar-refractivity contribution in [1.82, 2.24) is 5.32 Å². The average Bonchev–Trinajstić information content (AvgIpc) is 2.80. The summed E-state index contributed by atoms with van der Waals surface area (Å²) in [7, 11) is 0. The van der Waals surface area contributed by atoms with E-state index in [0.29, 0.717) is 10.2 Å². The van der Waals surface area contributed by atoms with Gasteiger partial charge in [-0.2, -0.15) is 0 Å². The lowest BCUT2D eigenvalue weighted by Gasteiger charge is -2.23. The fraction of sp³-hybridized carbons (Fsp3) is 0.417. The molecule has 1 aliphatic rings. The lowest BCUT2D eigenvalue weighted by Crippen LogP contribution is -2.48. The molecule has 2 N–H and O–H groups in total. The molecule has 0 spiro atoms. The first-order valence-corrected chi connectivity index (χ1v) is 6.72. The molecular weight excluding hydrogens is 314 g/mol. The van der Waals surface area contributed by atoms with Gasteiger partial charge in [-0.15, -0.1) is 0 Å². The average molecular weight is 328 g/mol. The molecule has 102 valence electrons. The monoisotopic (exact) mass is 327 g/mol. The summed E-state index contributed by atoms with van der Waals surface area (Å²) in [6.45, 7) is 2.64. The van der Waals surface area contributed by atoms with E-state index < -0.39 is 10.5 Å². The molecule has 1 aromatic rings. The van der Waals surface area contributed by atoms with Crippen LogP contribution in [0.4, 0.5) is 11.4 Å². The number of amides is 1. The predicted octanol–water partition coefficient (Wildman–Crippen LogP) is 2.44. The van der Waals surface area contributed by atoms with Crippen LogP contribution in [0, 0.1) is 10.1 Å². The number of halogens is 1. The van der Waals surface area contributed by atoms with Crippen molar-refractivity contribution >= 4 is 33.2 Å². The molecule has 1 fully saturated rings. The molecule has 1 aromatic carbocycles. The van der Waals surface area contributed by atoms with Crippen LogP contribution in [0.5, 0.6) is 0 Å². The first kappa shape index (κ1) is 14.0. The number of carbonyl (C=O) groups is 1. The smallest absolute Gasteiger partial charge is 0.271 e. The highest BCUT2D eigenvalue weighted by Crippen LogP contribution is 2.29. The third-order valence-corrected chi connectivity index (χ3v) is 3.97. The van der Waals surface area contributed by atoms with E-state index in [0.717, 1.165) is 19.4 Å². The van der Waals surface area contributed by atoms with Gasteiger partial charge in [0.15, 0.2) is 0 Å². The topological polar surface area (TPSA) is 84.3 Å². The summed E-state index contributed by atoms with van der Waals surface area (Å²) < 4.78 is 0.619. The first-order valence-electron chi connectivity index (χ1n) is 5.93. The van der Waals surface area contributed by atoms with Gasteiger partial charge in [0, 0.05) is 16.6 Å². The number of non-ortho nitro benzene ring substituents is 1. The maximum Gasteiger partial charge on any atom is 0.271 e. The van der Waals surface area contributed by atoms with E-state index in [9.17, 15) is 14.9 Å². The van der Waals surface area contributed by atoms with Crippen LogP contribution in [0.1, 0.15) is 19.8 Å². The van der Waals surface area contributed by atoms with E-state index in [-0.39, 0.29) is 11.6 Å². The highest BCUT2D eigenvalue weighted by molar-refractivity contribution is 9.10. The molecular formula is C12H14BrN3O3. The van der Waals surface area contributed by atoms with E-state index >= 15 is 0 Å². The van der Waals surface area contributed by atoms with Gasteiger partial charge in [0.25, 0.3) is 5.69 Å².